The van der Waals surface area contributed by atoms with Crippen LogP contribution < -0.4 is 5.32 Å². The van der Waals surface area contributed by atoms with Crippen molar-refractivity contribution in [2.24, 2.45) is 5.92 Å². The lowest BCUT2D eigenvalue weighted by atomic mass is 9.81. The van der Waals surface area contributed by atoms with Crippen LogP contribution in [0.3, 0.4) is 0 Å². The van der Waals surface area contributed by atoms with E-state index < -0.39 is 0 Å². The third kappa shape index (κ3) is 4.54. The van der Waals surface area contributed by atoms with Gasteiger partial charge in [-0.1, -0.05) is 26.2 Å². The van der Waals surface area contributed by atoms with E-state index in [-0.39, 0.29) is 0 Å². The molecule has 1 aromatic rings. The molecule has 1 aliphatic carbocycles. The van der Waals surface area contributed by atoms with Crippen molar-refractivity contribution in [3.05, 3.63) is 16.6 Å². The first-order chi connectivity index (χ1) is 9.85. The van der Waals surface area contributed by atoms with Crippen LogP contribution in [0, 0.1) is 5.92 Å². The molecule has 2 unspecified atom stereocenters. The van der Waals surface area contributed by atoms with Gasteiger partial charge in [-0.15, -0.1) is 11.3 Å². The first kappa shape index (κ1) is 15.9. The second kappa shape index (κ2) is 8.75. The first-order valence-corrected chi connectivity index (χ1v) is 8.86. The van der Waals surface area contributed by atoms with Crippen LogP contribution in [0.15, 0.2) is 11.7 Å². The van der Waals surface area contributed by atoms with Gasteiger partial charge in [0, 0.05) is 30.6 Å². The molecule has 1 aliphatic rings. The lowest BCUT2D eigenvalue weighted by Gasteiger charge is -2.35. The van der Waals surface area contributed by atoms with E-state index >= 15 is 0 Å². The molecule has 0 radical (unpaired) electrons. The normalized spacial score (nSPS) is 19.9. The number of aromatic nitrogens is 1. The molecule has 1 heterocycles. The Bertz CT molecular complexity index is 349. The fraction of sp³-hybridized carbons (Fsp3) is 0.812. The van der Waals surface area contributed by atoms with Gasteiger partial charge in [0.25, 0.3) is 0 Å². The van der Waals surface area contributed by atoms with Crippen molar-refractivity contribution in [3.63, 3.8) is 0 Å². The zero-order valence-corrected chi connectivity index (χ0v) is 13.6. The van der Waals surface area contributed by atoms with Crippen molar-refractivity contribution in [1.29, 1.82) is 0 Å². The number of thiazole rings is 1. The van der Waals surface area contributed by atoms with Gasteiger partial charge in [-0.3, -0.25) is 4.98 Å². The summed E-state index contributed by atoms with van der Waals surface area (Å²) >= 11 is 1.75. The first-order valence-electron chi connectivity index (χ1n) is 7.98. The summed E-state index contributed by atoms with van der Waals surface area (Å²) in [7, 11) is 1.88. The molecule has 0 bridgehead atoms. The highest BCUT2D eigenvalue weighted by molar-refractivity contribution is 7.09. The minimum atomic E-state index is 0.337. The molecule has 20 heavy (non-hydrogen) atoms. The molecule has 4 heteroatoms. The van der Waals surface area contributed by atoms with E-state index in [0.29, 0.717) is 12.1 Å². The van der Waals surface area contributed by atoms with Gasteiger partial charge in [0.05, 0.1) is 11.6 Å². The lowest BCUT2D eigenvalue weighted by Crippen LogP contribution is -2.47. The summed E-state index contributed by atoms with van der Waals surface area (Å²) in [4.78, 5) is 5.56. The maximum Gasteiger partial charge on any atom is 0.0794 e. The van der Waals surface area contributed by atoms with Crippen LogP contribution >= 0.6 is 11.3 Å². The average Bonchev–Trinajstić information content (AvgIpc) is 2.99. The molecule has 3 nitrogen and oxygen atoms in total. The number of ether oxygens (including phenoxy) is 1. The second-order valence-corrected chi connectivity index (χ2v) is 6.80. The zero-order chi connectivity index (χ0) is 14.2. The molecule has 1 fully saturated rings. The molecule has 2 atom stereocenters. The van der Waals surface area contributed by atoms with E-state index in [2.05, 4.69) is 17.2 Å². The van der Waals surface area contributed by atoms with Gasteiger partial charge in [-0.25, -0.2) is 0 Å². The van der Waals surface area contributed by atoms with Crippen molar-refractivity contribution < 1.29 is 4.74 Å². The van der Waals surface area contributed by atoms with E-state index in [1.807, 2.05) is 18.8 Å². The summed E-state index contributed by atoms with van der Waals surface area (Å²) in [6.07, 6.45) is 11.3. The predicted octanol–water partition coefficient (Wildman–Crippen LogP) is 3.65. The molecule has 1 aromatic heterocycles. The highest BCUT2D eigenvalue weighted by atomic mass is 32.1. The van der Waals surface area contributed by atoms with Crippen molar-refractivity contribution in [2.75, 3.05) is 13.7 Å². The summed E-state index contributed by atoms with van der Waals surface area (Å²) in [6, 6.07) is 0.420. The topological polar surface area (TPSA) is 34.2 Å². The molecule has 0 saturated heterocycles. The number of nitrogens with zero attached hydrogens (tertiary/aromatic N) is 1. The maximum atomic E-state index is 5.92. The van der Waals surface area contributed by atoms with Gasteiger partial charge in [-0.05, 0) is 31.7 Å². The Balaban J connectivity index is 2.01. The van der Waals surface area contributed by atoms with Crippen molar-refractivity contribution in [1.82, 2.24) is 10.3 Å². The highest BCUT2D eigenvalue weighted by Gasteiger charge is 2.30. The fourth-order valence-electron chi connectivity index (χ4n) is 3.34. The summed E-state index contributed by atoms with van der Waals surface area (Å²) in [5.74, 6) is 0.719. The minimum Gasteiger partial charge on any atom is -0.380 e. The Morgan fingerprint density at radius 2 is 2.20 bits per heavy atom. The predicted molar refractivity (Wildman–Crippen MR) is 85.3 cm³/mol. The van der Waals surface area contributed by atoms with Crippen LogP contribution in [0.4, 0.5) is 0 Å². The smallest absolute Gasteiger partial charge is 0.0794 e. The molecule has 0 amide bonds. The van der Waals surface area contributed by atoms with Crippen molar-refractivity contribution >= 4 is 11.3 Å². The third-order valence-corrected chi connectivity index (χ3v) is 5.15. The molecular weight excluding hydrogens is 268 g/mol. The van der Waals surface area contributed by atoms with E-state index in [1.54, 1.807) is 11.3 Å². The molecule has 2 rings (SSSR count). The average molecular weight is 296 g/mol. The van der Waals surface area contributed by atoms with Crippen LogP contribution in [0.5, 0.6) is 0 Å². The summed E-state index contributed by atoms with van der Waals surface area (Å²) in [5.41, 5.74) is 1.93. The third-order valence-electron chi connectivity index (χ3n) is 4.34. The van der Waals surface area contributed by atoms with Gasteiger partial charge in [0.15, 0.2) is 0 Å². The SMILES string of the molecule is CCCNC(Cc1cncs1)C(OC)C1CCCCC1. The van der Waals surface area contributed by atoms with E-state index in [4.69, 9.17) is 4.74 Å². The molecule has 1 N–H and O–H groups in total. The van der Waals surface area contributed by atoms with Gasteiger partial charge in [0.1, 0.15) is 0 Å². The quantitative estimate of drug-likeness (QED) is 0.795. The van der Waals surface area contributed by atoms with Crippen LogP contribution in [0.25, 0.3) is 0 Å². The van der Waals surface area contributed by atoms with E-state index in [1.165, 1.54) is 43.4 Å². The summed E-state index contributed by atoms with van der Waals surface area (Å²) in [5, 5.41) is 3.71. The lowest BCUT2D eigenvalue weighted by molar-refractivity contribution is 0.00851. The monoisotopic (exact) mass is 296 g/mol. The number of rotatable bonds is 8. The van der Waals surface area contributed by atoms with Crippen molar-refractivity contribution in [2.45, 2.75) is 64.0 Å². The van der Waals surface area contributed by atoms with E-state index in [0.717, 1.165) is 18.9 Å². The van der Waals surface area contributed by atoms with Gasteiger partial charge in [0.2, 0.25) is 0 Å². The van der Waals surface area contributed by atoms with Crippen LogP contribution in [-0.2, 0) is 11.2 Å². The van der Waals surface area contributed by atoms with Crippen molar-refractivity contribution in [3.8, 4) is 0 Å². The van der Waals surface area contributed by atoms with Crippen LogP contribution in [-0.4, -0.2) is 30.8 Å². The minimum absolute atomic E-state index is 0.337. The maximum absolute atomic E-state index is 5.92. The fourth-order valence-corrected chi connectivity index (χ4v) is 4.00. The highest BCUT2D eigenvalue weighted by Crippen LogP contribution is 2.30. The van der Waals surface area contributed by atoms with E-state index in [9.17, 15) is 0 Å². The molecule has 0 aliphatic heterocycles. The molecular formula is C16H28N2OS. The Kier molecular flexibility index (Phi) is 6.97. The molecule has 0 aromatic carbocycles. The van der Waals surface area contributed by atoms with Gasteiger partial charge in [-0.2, -0.15) is 0 Å². The Morgan fingerprint density at radius 1 is 1.40 bits per heavy atom. The molecule has 114 valence electrons. The summed E-state index contributed by atoms with van der Waals surface area (Å²) < 4.78 is 5.92. The number of nitrogens with one attached hydrogen (secondary N) is 1. The Morgan fingerprint density at radius 3 is 2.80 bits per heavy atom. The number of hydrogen-bond donors (Lipinski definition) is 1. The molecule has 1 saturated carbocycles. The molecule has 0 spiro atoms. The van der Waals surface area contributed by atoms with Crippen LogP contribution in [0.1, 0.15) is 50.3 Å². The van der Waals surface area contributed by atoms with Gasteiger partial charge >= 0.3 is 0 Å². The number of methoxy groups -OCH3 is 1. The standard InChI is InChI=1S/C16H28N2OS/c1-3-9-18-15(10-14-11-17-12-20-14)16(19-2)13-7-5-4-6-8-13/h11-13,15-16,18H,3-10H2,1-2H3. The Labute approximate surface area is 127 Å². The zero-order valence-electron chi connectivity index (χ0n) is 12.8. The van der Waals surface area contributed by atoms with Gasteiger partial charge < -0.3 is 10.1 Å². The van der Waals surface area contributed by atoms with Crippen LogP contribution in [0.2, 0.25) is 0 Å². The largest absolute Gasteiger partial charge is 0.380 e. The summed E-state index contributed by atoms with van der Waals surface area (Å²) in [6.45, 7) is 3.29. The Hall–Kier alpha value is -0.450. The second-order valence-electron chi connectivity index (χ2n) is 5.83. The number of hydrogen-bond acceptors (Lipinski definition) is 4.